The molecule has 0 saturated heterocycles. The van der Waals surface area contributed by atoms with E-state index in [1.807, 2.05) is 18.3 Å². The summed E-state index contributed by atoms with van der Waals surface area (Å²) >= 11 is 0. The van der Waals surface area contributed by atoms with E-state index in [4.69, 9.17) is 4.74 Å². The van der Waals surface area contributed by atoms with Gasteiger partial charge in [-0.05, 0) is 24.5 Å². The number of imidazole rings is 1. The zero-order chi connectivity index (χ0) is 13.1. The minimum atomic E-state index is 0.946. The van der Waals surface area contributed by atoms with Crippen molar-refractivity contribution in [2.75, 3.05) is 19.0 Å². The number of rotatable bonds is 4. The molecule has 0 radical (unpaired) electrons. The lowest BCUT2D eigenvalue weighted by Gasteiger charge is -2.18. The number of aromatic nitrogens is 2. The van der Waals surface area contributed by atoms with Crippen molar-refractivity contribution in [1.82, 2.24) is 9.55 Å². The maximum Gasteiger partial charge on any atom is 0.126 e. The van der Waals surface area contributed by atoms with Gasteiger partial charge in [-0.2, -0.15) is 0 Å². The molecule has 3 rings (SSSR count). The quantitative estimate of drug-likeness (QED) is 0.914. The van der Waals surface area contributed by atoms with Crippen LogP contribution in [0.2, 0.25) is 0 Å². The van der Waals surface area contributed by atoms with Crippen LogP contribution in [0.15, 0.2) is 30.5 Å². The highest BCUT2D eigenvalue weighted by Crippen LogP contribution is 2.21. The molecule has 0 spiro atoms. The predicted molar refractivity (Wildman–Crippen MR) is 75.7 cm³/mol. The van der Waals surface area contributed by atoms with Gasteiger partial charge in [0, 0.05) is 19.5 Å². The van der Waals surface area contributed by atoms with Crippen molar-refractivity contribution in [3.63, 3.8) is 0 Å². The molecule has 1 aromatic carbocycles. The second-order valence-corrected chi connectivity index (χ2v) is 4.80. The highest BCUT2D eigenvalue weighted by Gasteiger charge is 2.13. The van der Waals surface area contributed by atoms with Gasteiger partial charge < -0.3 is 14.6 Å². The fourth-order valence-corrected chi connectivity index (χ4v) is 2.61. The average molecular weight is 257 g/mol. The third-order valence-corrected chi connectivity index (χ3v) is 3.61. The lowest BCUT2D eigenvalue weighted by Crippen LogP contribution is -2.18. The van der Waals surface area contributed by atoms with Crippen molar-refractivity contribution in [1.29, 1.82) is 0 Å². The van der Waals surface area contributed by atoms with Crippen molar-refractivity contribution in [2.45, 2.75) is 25.8 Å². The summed E-state index contributed by atoms with van der Waals surface area (Å²) in [6.07, 6.45) is 5.02. The topological polar surface area (TPSA) is 39.1 Å². The van der Waals surface area contributed by atoms with E-state index in [-0.39, 0.29) is 0 Å². The van der Waals surface area contributed by atoms with Crippen LogP contribution in [0.3, 0.4) is 0 Å². The molecule has 1 N–H and O–H groups in total. The molecule has 19 heavy (non-hydrogen) atoms. The summed E-state index contributed by atoms with van der Waals surface area (Å²) in [5, 5.41) is 3.38. The first-order chi connectivity index (χ1) is 9.38. The Balaban J connectivity index is 1.74. The first-order valence-corrected chi connectivity index (χ1v) is 6.78. The van der Waals surface area contributed by atoms with Crippen LogP contribution < -0.4 is 10.1 Å². The molecule has 2 heterocycles. The molecule has 0 amide bonds. The number of ether oxygens (including phenoxy) is 1. The number of methoxy groups -OCH3 is 1. The molecule has 0 unspecified atom stereocenters. The Morgan fingerprint density at radius 3 is 3.11 bits per heavy atom. The van der Waals surface area contributed by atoms with Crippen LogP contribution in [-0.4, -0.2) is 23.2 Å². The summed E-state index contributed by atoms with van der Waals surface area (Å²) in [4.78, 5) is 4.53. The third-order valence-electron chi connectivity index (χ3n) is 3.61. The molecule has 4 heteroatoms. The zero-order valence-corrected chi connectivity index (χ0v) is 11.2. The normalized spacial score (nSPS) is 13.7. The highest BCUT2D eigenvalue weighted by atomic mass is 16.5. The molecule has 100 valence electrons. The molecule has 0 aliphatic carbocycles. The number of hydrogen-bond acceptors (Lipinski definition) is 3. The molecule has 4 nitrogen and oxygen atoms in total. The first-order valence-electron chi connectivity index (χ1n) is 6.78. The van der Waals surface area contributed by atoms with E-state index in [0.29, 0.717) is 0 Å². The number of anilines is 1. The van der Waals surface area contributed by atoms with Crippen LogP contribution in [0.5, 0.6) is 5.75 Å². The monoisotopic (exact) mass is 257 g/mol. The van der Waals surface area contributed by atoms with Crippen LogP contribution >= 0.6 is 0 Å². The van der Waals surface area contributed by atoms with Gasteiger partial charge in [-0.25, -0.2) is 4.98 Å². The van der Waals surface area contributed by atoms with Crippen molar-refractivity contribution in [3.05, 3.63) is 41.9 Å². The van der Waals surface area contributed by atoms with E-state index >= 15 is 0 Å². The first kappa shape index (κ1) is 12.1. The SMILES string of the molecule is COc1ccccc1CCc1ncc2n1CCCN2. The fraction of sp³-hybridized carbons (Fsp3) is 0.400. The van der Waals surface area contributed by atoms with E-state index in [1.54, 1.807) is 7.11 Å². The van der Waals surface area contributed by atoms with Crippen molar-refractivity contribution in [2.24, 2.45) is 0 Å². The van der Waals surface area contributed by atoms with Crippen LogP contribution in [0.1, 0.15) is 17.8 Å². The summed E-state index contributed by atoms with van der Waals surface area (Å²) in [5.41, 5.74) is 1.24. The zero-order valence-electron chi connectivity index (χ0n) is 11.2. The number of fused-ring (bicyclic) bond motifs is 1. The maximum absolute atomic E-state index is 5.39. The highest BCUT2D eigenvalue weighted by molar-refractivity contribution is 5.37. The number of aryl methyl sites for hydroxylation is 2. The molecule has 1 aliphatic heterocycles. The third kappa shape index (κ3) is 2.43. The van der Waals surface area contributed by atoms with Gasteiger partial charge in [0.2, 0.25) is 0 Å². The summed E-state index contributed by atoms with van der Waals surface area (Å²) < 4.78 is 7.68. The standard InChI is InChI=1S/C15H19N3O/c1-19-13-6-3-2-5-12(13)7-8-14-17-11-15-16-9-4-10-18(14)15/h2-3,5-6,11,16H,4,7-10H2,1H3. The van der Waals surface area contributed by atoms with Gasteiger partial charge in [-0.1, -0.05) is 18.2 Å². The summed E-state index contributed by atoms with van der Waals surface area (Å²) in [6.45, 7) is 2.13. The lowest BCUT2D eigenvalue weighted by atomic mass is 10.1. The van der Waals surface area contributed by atoms with Gasteiger partial charge in [-0.15, -0.1) is 0 Å². The Bertz CT molecular complexity index is 562. The van der Waals surface area contributed by atoms with Gasteiger partial charge in [0.05, 0.1) is 13.3 Å². The maximum atomic E-state index is 5.39. The Labute approximate surface area is 113 Å². The molecule has 1 aliphatic rings. The summed E-state index contributed by atoms with van der Waals surface area (Å²) in [5.74, 6) is 3.28. The lowest BCUT2D eigenvalue weighted by molar-refractivity contribution is 0.409. The second-order valence-electron chi connectivity index (χ2n) is 4.80. The van der Waals surface area contributed by atoms with E-state index in [0.717, 1.165) is 43.3 Å². The number of para-hydroxylation sites is 1. The Morgan fingerprint density at radius 2 is 2.21 bits per heavy atom. The Kier molecular flexibility index (Phi) is 3.40. The molecule has 2 aromatic rings. The fourth-order valence-electron chi connectivity index (χ4n) is 2.61. The molecule has 0 atom stereocenters. The predicted octanol–water partition coefficient (Wildman–Crippen LogP) is 2.49. The molecule has 0 bridgehead atoms. The van der Waals surface area contributed by atoms with Crippen molar-refractivity contribution >= 4 is 5.82 Å². The minimum absolute atomic E-state index is 0.946. The van der Waals surface area contributed by atoms with Crippen LogP contribution in [0.4, 0.5) is 5.82 Å². The van der Waals surface area contributed by atoms with Crippen LogP contribution in [-0.2, 0) is 19.4 Å². The van der Waals surface area contributed by atoms with Gasteiger partial charge >= 0.3 is 0 Å². The minimum Gasteiger partial charge on any atom is -0.496 e. The number of hydrogen-bond donors (Lipinski definition) is 1. The number of benzene rings is 1. The molecule has 1 aromatic heterocycles. The van der Waals surface area contributed by atoms with Gasteiger partial charge in [0.15, 0.2) is 0 Å². The van der Waals surface area contributed by atoms with Gasteiger partial charge in [-0.3, -0.25) is 0 Å². The van der Waals surface area contributed by atoms with Crippen molar-refractivity contribution < 1.29 is 4.74 Å². The van der Waals surface area contributed by atoms with Crippen molar-refractivity contribution in [3.8, 4) is 5.75 Å². The molecule has 0 saturated carbocycles. The summed E-state index contributed by atoms with van der Waals surface area (Å²) in [7, 11) is 1.72. The second kappa shape index (κ2) is 5.34. The number of nitrogens with one attached hydrogen (secondary N) is 1. The number of nitrogens with zero attached hydrogens (tertiary/aromatic N) is 2. The smallest absolute Gasteiger partial charge is 0.126 e. The van der Waals surface area contributed by atoms with Crippen LogP contribution in [0, 0.1) is 0 Å². The molecular weight excluding hydrogens is 238 g/mol. The van der Waals surface area contributed by atoms with Crippen LogP contribution in [0.25, 0.3) is 0 Å². The molecule has 0 fully saturated rings. The summed E-state index contributed by atoms with van der Waals surface area (Å²) in [6, 6.07) is 8.19. The van der Waals surface area contributed by atoms with E-state index in [1.165, 1.54) is 12.0 Å². The van der Waals surface area contributed by atoms with E-state index in [2.05, 4.69) is 27.0 Å². The van der Waals surface area contributed by atoms with E-state index in [9.17, 15) is 0 Å². The Hall–Kier alpha value is -1.97. The molecular formula is C15H19N3O. The average Bonchev–Trinajstić information content (AvgIpc) is 2.89. The Morgan fingerprint density at radius 1 is 1.32 bits per heavy atom. The van der Waals surface area contributed by atoms with Gasteiger partial charge in [0.25, 0.3) is 0 Å². The van der Waals surface area contributed by atoms with E-state index < -0.39 is 0 Å². The van der Waals surface area contributed by atoms with Gasteiger partial charge in [0.1, 0.15) is 17.4 Å². The largest absolute Gasteiger partial charge is 0.496 e.